The molecule has 1 aliphatic heterocycles. The van der Waals surface area contributed by atoms with Crippen molar-refractivity contribution in [2.24, 2.45) is 5.92 Å². The summed E-state index contributed by atoms with van der Waals surface area (Å²) < 4.78 is 27.3. The van der Waals surface area contributed by atoms with Gasteiger partial charge in [0.15, 0.2) is 0 Å². The second kappa shape index (κ2) is 7.83. The molecule has 6 nitrogen and oxygen atoms in total. The molecule has 0 bridgehead atoms. The second-order valence-corrected chi connectivity index (χ2v) is 8.85. The van der Waals surface area contributed by atoms with Gasteiger partial charge in [0, 0.05) is 32.6 Å². The first-order valence-electron chi connectivity index (χ1n) is 7.73. The van der Waals surface area contributed by atoms with Crippen LogP contribution in [0.25, 0.3) is 0 Å². The maximum Gasteiger partial charge on any atom is 0.278 e. The zero-order valence-corrected chi connectivity index (χ0v) is 15.2. The van der Waals surface area contributed by atoms with Gasteiger partial charge >= 0.3 is 0 Å². The monoisotopic (exact) mass is 346 g/mol. The number of likely N-dealkylation sites (tertiary alicyclic amines) is 1. The lowest BCUT2D eigenvalue weighted by Crippen LogP contribution is -2.41. The van der Waals surface area contributed by atoms with Crippen molar-refractivity contribution in [2.45, 2.75) is 32.7 Å². The van der Waals surface area contributed by atoms with Crippen LogP contribution in [0.4, 0.5) is 0 Å². The molecule has 2 heterocycles. The maximum atomic E-state index is 11.7. The van der Waals surface area contributed by atoms with E-state index in [9.17, 15) is 8.42 Å². The Hall–Kier alpha value is -0.540. The van der Waals surface area contributed by atoms with Gasteiger partial charge in [0.1, 0.15) is 0 Å². The van der Waals surface area contributed by atoms with E-state index in [0.717, 1.165) is 44.6 Å². The lowest BCUT2D eigenvalue weighted by molar-refractivity contribution is 0.177. The highest BCUT2D eigenvalue weighted by Gasteiger charge is 2.22. The molecule has 8 heteroatoms. The van der Waals surface area contributed by atoms with Crippen molar-refractivity contribution in [3.8, 4) is 0 Å². The summed E-state index contributed by atoms with van der Waals surface area (Å²) in [5.74, 6) is 0.424. The topological polar surface area (TPSA) is 65.5 Å². The third kappa shape index (κ3) is 4.99. The quantitative estimate of drug-likeness (QED) is 0.808. The van der Waals surface area contributed by atoms with Gasteiger partial charge in [0.05, 0.1) is 10.7 Å². The lowest BCUT2D eigenvalue weighted by atomic mass is 9.97. The summed E-state index contributed by atoms with van der Waals surface area (Å²) in [6.45, 7) is 5.58. The number of aromatic nitrogens is 1. The molecule has 0 unspecified atom stereocenters. The Bertz CT molecular complexity index is 563. The third-order valence-corrected chi connectivity index (χ3v) is 6.56. The van der Waals surface area contributed by atoms with Gasteiger partial charge in [-0.25, -0.2) is 9.71 Å². The predicted octanol–water partition coefficient (Wildman–Crippen LogP) is 1.31. The summed E-state index contributed by atoms with van der Waals surface area (Å²) in [6.07, 6.45) is 3.06. The summed E-state index contributed by atoms with van der Waals surface area (Å²) in [7, 11) is -0.209. The van der Waals surface area contributed by atoms with Crippen molar-refractivity contribution in [1.29, 1.82) is 0 Å². The van der Waals surface area contributed by atoms with Gasteiger partial charge < -0.3 is 0 Å². The average molecular weight is 347 g/mol. The van der Waals surface area contributed by atoms with Gasteiger partial charge in [-0.2, -0.15) is 12.7 Å². The normalized spacial score (nSPS) is 18.2. The maximum absolute atomic E-state index is 11.7. The number of rotatable bonds is 7. The van der Waals surface area contributed by atoms with Crippen LogP contribution in [0, 0.1) is 5.92 Å². The van der Waals surface area contributed by atoms with Gasteiger partial charge in [-0.3, -0.25) is 4.90 Å². The first-order chi connectivity index (χ1) is 10.4. The van der Waals surface area contributed by atoms with E-state index in [1.165, 1.54) is 9.31 Å². The van der Waals surface area contributed by atoms with Crippen LogP contribution in [0.1, 0.15) is 30.5 Å². The lowest BCUT2D eigenvalue weighted by Gasteiger charge is -2.31. The van der Waals surface area contributed by atoms with Crippen LogP contribution < -0.4 is 4.72 Å². The standard InChI is InChI=1S/C14H26N4O2S2/c1-4-14-16-13(11-21-14)10-18-7-5-12(6-8-18)9-15-22(19,20)17(2)3/h11-12,15H,4-10H2,1-3H3. The van der Waals surface area contributed by atoms with Crippen molar-refractivity contribution < 1.29 is 8.42 Å². The molecule has 1 aromatic heterocycles. The minimum absolute atomic E-state index is 0.424. The molecule has 0 aliphatic carbocycles. The molecule has 1 aliphatic rings. The van der Waals surface area contributed by atoms with Crippen LogP contribution in [-0.4, -0.2) is 56.3 Å². The van der Waals surface area contributed by atoms with E-state index in [1.54, 1.807) is 25.4 Å². The highest BCUT2D eigenvalue weighted by Crippen LogP contribution is 2.19. The van der Waals surface area contributed by atoms with Crippen molar-refractivity contribution >= 4 is 21.5 Å². The van der Waals surface area contributed by atoms with E-state index in [-0.39, 0.29) is 0 Å². The number of nitrogens with one attached hydrogen (secondary N) is 1. The number of hydrogen-bond acceptors (Lipinski definition) is 5. The Labute approximate surface area is 137 Å². The molecule has 22 heavy (non-hydrogen) atoms. The Morgan fingerprint density at radius 2 is 2.09 bits per heavy atom. The second-order valence-electron chi connectivity index (χ2n) is 5.94. The Balaban J connectivity index is 1.74. The van der Waals surface area contributed by atoms with E-state index >= 15 is 0 Å². The Morgan fingerprint density at radius 1 is 1.41 bits per heavy atom. The molecule has 0 amide bonds. The van der Waals surface area contributed by atoms with Gasteiger partial charge in [0.25, 0.3) is 10.2 Å². The molecule has 0 spiro atoms. The van der Waals surface area contributed by atoms with E-state index in [2.05, 4.69) is 26.9 Å². The molecule has 126 valence electrons. The zero-order valence-electron chi connectivity index (χ0n) is 13.6. The molecule has 1 saturated heterocycles. The van der Waals surface area contributed by atoms with Crippen LogP contribution in [0.2, 0.25) is 0 Å². The van der Waals surface area contributed by atoms with Gasteiger partial charge in [-0.15, -0.1) is 11.3 Å². The smallest absolute Gasteiger partial charge is 0.278 e. The van der Waals surface area contributed by atoms with Crippen molar-refractivity contribution in [1.82, 2.24) is 18.9 Å². The van der Waals surface area contributed by atoms with Crippen LogP contribution in [-0.2, 0) is 23.2 Å². The third-order valence-electron chi connectivity index (χ3n) is 4.03. The SMILES string of the molecule is CCc1nc(CN2CCC(CNS(=O)(=O)N(C)C)CC2)cs1. The van der Waals surface area contributed by atoms with Crippen LogP contribution in [0.5, 0.6) is 0 Å². The fourth-order valence-corrected chi connectivity index (χ4v) is 3.95. The predicted molar refractivity (Wildman–Crippen MR) is 90.1 cm³/mol. The molecule has 0 radical (unpaired) electrons. The minimum Gasteiger partial charge on any atom is -0.297 e. The van der Waals surface area contributed by atoms with Crippen molar-refractivity contribution in [2.75, 3.05) is 33.7 Å². The molecule has 1 fully saturated rings. The van der Waals surface area contributed by atoms with Crippen molar-refractivity contribution in [3.63, 3.8) is 0 Å². The molecule has 1 N–H and O–H groups in total. The molecule has 0 atom stereocenters. The summed E-state index contributed by atoms with van der Waals surface area (Å²) in [4.78, 5) is 7.02. The van der Waals surface area contributed by atoms with Crippen LogP contribution in [0.3, 0.4) is 0 Å². The summed E-state index contributed by atoms with van der Waals surface area (Å²) in [5, 5.41) is 3.35. The van der Waals surface area contributed by atoms with E-state index < -0.39 is 10.2 Å². The summed E-state index contributed by atoms with van der Waals surface area (Å²) in [5.41, 5.74) is 1.16. The highest BCUT2D eigenvalue weighted by atomic mass is 32.2. The molecule has 0 aromatic carbocycles. The minimum atomic E-state index is -3.30. The first kappa shape index (κ1) is 17.8. The van der Waals surface area contributed by atoms with E-state index in [1.807, 2.05) is 0 Å². The first-order valence-corrected chi connectivity index (χ1v) is 10.1. The fourth-order valence-electron chi connectivity index (χ4n) is 2.51. The number of aryl methyl sites for hydroxylation is 1. The molecule has 2 rings (SSSR count). The van der Waals surface area contributed by atoms with E-state index in [0.29, 0.717) is 12.5 Å². The molecule has 0 saturated carbocycles. The Kier molecular flexibility index (Phi) is 6.34. The van der Waals surface area contributed by atoms with Gasteiger partial charge in [-0.1, -0.05) is 6.92 Å². The average Bonchev–Trinajstić information content (AvgIpc) is 2.94. The summed E-state index contributed by atoms with van der Waals surface area (Å²) in [6, 6.07) is 0. The van der Waals surface area contributed by atoms with Gasteiger partial charge in [-0.05, 0) is 38.3 Å². The molecular weight excluding hydrogens is 320 g/mol. The highest BCUT2D eigenvalue weighted by molar-refractivity contribution is 7.87. The largest absolute Gasteiger partial charge is 0.297 e. The molecular formula is C14H26N4O2S2. The van der Waals surface area contributed by atoms with Crippen molar-refractivity contribution in [3.05, 3.63) is 16.1 Å². The zero-order chi connectivity index (χ0) is 16.2. The van der Waals surface area contributed by atoms with Crippen LogP contribution >= 0.6 is 11.3 Å². The van der Waals surface area contributed by atoms with Crippen LogP contribution in [0.15, 0.2) is 5.38 Å². The number of nitrogens with zero attached hydrogens (tertiary/aromatic N) is 3. The molecule has 1 aromatic rings. The Morgan fingerprint density at radius 3 is 2.64 bits per heavy atom. The number of piperidine rings is 1. The summed E-state index contributed by atoms with van der Waals surface area (Å²) >= 11 is 1.73. The number of thiazole rings is 1. The van der Waals surface area contributed by atoms with Gasteiger partial charge in [0.2, 0.25) is 0 Å². The van der Waals surface area contributed by atoms with E-state index in [4.69, 9.17) is 0 Å². The number of hydrogen-bond donors (Lipinski definition) is 1. The fraction of sp³-hybridized carbons (Fsp3) is 0.786.